The number of ether oxygens (including phenoxy) is 1. The molecule has 1 spiro atoms. The van der Waals surface area contributed by atoms with Gasteiger partial charge in [-0.05, 0) is 38.5 Å². The predicted molar refractivity (Wildman–Crippen MR) is 51.8 cm³/mol. The molecule has 86 valence electrons. The topological polar surface area (TPSA) is 47.9 Å². The van der Waals surface area contributed by atoms with Crippen molar-refractivity contribution in [2.75, 3.05) is 6.61 Å². The number of aliphatic hydroxyl groups excluding tert-OH is 1. The second-order valence-electron chi connectivity index (χ2n) is 5.32. The van der Waals surface area contributed by atoms with Crippen LogP contribution in [-0.2, 0) is 14.5 Å². The molecule has 3 heterocycles. The van der Waals surface area contributed by atoms with Crippen molar-refractivity contribution in [1.82, 2.24) is 0 Å². The van der Waals surface area contributed by atoms with Gasteiger partial charge in [-0.15, -0.1) is 0 Å². The molecule has 4 heteroatoms. The molecule has 2 bridgehead atoms. The van der Waals surface area contributed by atoms with Crippen LogP contribution in [0.3, 0.4) is 0 Å². The van der Waals surface area contributed by atoms with Crippen molar-refractivity contribution in [1.29, 1.82) is 0 Å². The molecule has 4 aliphatic rings. The lowest BCUT2D eigenvalue weighted by Gasteiger charge is -2.45. The first kappa shape index (κ1) is 10.0. The van der Waals surface area contributed by atoms with E-state index in [1.54, 1.807) is 0 Å². The van der Waals surface area contributed by atoms with Crippen molar-refractivity contribution in [2.24, 2.45) is 5.92 Å². The summed E-state index contributed by atoms with van der Waals surface area (Å²) in [6.07, 6.45) is 4.16. The summed E-state index contributed by atoms with van der Waals surface area (Å²) in [4.78, 5) is 11.0. The molecule has 0 radical (unpaired) electrons. The largest absolute Gasteiger partial charge is 0.393 e. The Morgan fingerprint density at radius 2 is 2.07 bits per heavy atom. The van der Waals surface area contributed by atoms with E-state index in [9.17, 15) is 5.11 Å². The maximum absolute atomic E-state index is 9.69. The highest BCUT2D eigenvalue weighted by molar-refractivity contribution is 4.98. The first-order valence-corrected chi connectivity index (χ1v) is 5.81. The van der Waals surface area contributed by atoms with Gasteiger partial charge in [-0.1, -0.05) is 0 Å². The molecule has 3 saturated heterocycles. The maximum atomic E-state index is 9.69. The highest BCUT2D eigenvalue weighted by Gasteiger charge is 2.54. The quantitative estimate of drug-likeness (QED) is 0.619. The summed E-state index contributed by atoms with van der Waals surface area (Å²) in [5.74, 6) is -0.182. The average Bonchev–Trinajstić information content (AvgIpc) is 2.45. The number of hydrogen-bond acceptors (Lipinski definition) is 4. The molecule has 4 atom stereocenters. The molecular formula is C11H18O4. The van der Waals surface area contributed by atoms with Crippen LogP contribution in [0.2, 0.25) is 0 Å². The van der Waals surface area contributed by atoms with Crippen LogP contribution >= 0.6 is 0 Å². The third-order valence-electron chi connectivity index (χ3n) is 4.15. The molecule has 0 unspecified atom stereocenters. The van der Waals surface area contributed by atoms with E-state index in [1.807, 2.05) is 6.92 Å². The second kappa shape index (κ2) is 3.17. The van der Waals surface area contributed by atoms with Crippen molar-refractivity contribution in [3.8, 4) is 0 Å². The lowest BCUT2D eigenvalue weighted by molar-refractivity contribution is -0.508. The van der Waals surface area contributed by atoms with Gasteiger partial charge in [0.15, 0.2) is 5.79 Å². The third kappa shape index (κ3) is 1.51. The van der Waals surface area contributed by atoms with Gasteiger partial charge in [0.05, 0.1) is 12.7 Å². The Hall–Kier alpha value is -0.160. The molecule has 1 aliphatic carbocycles. The fraction of sp³-hybridized carbons (Fsp3) is 1.00. The minimum atomic E-state index is -0.562. The molecule has 4 rings (SSSR count). The Morgan fingerprint density at radius 1 is 1.20 bits per heavy atom. The lowest BCUT2D eigenvalue weighted by Crippen LogP contribution is -2.53. The molecule has 0 amide bonds. The number of hydrogen-bond donors (Lipinski definition) is 1. The number of aliphatic hydroxyl groups is 1. The van der Waals surface area contributed by atoms with Crippen molar-refractivity contribution in [3.05, 3.63) is 0 Å². The maximum Gasteiger partial charge on any atom is 0.198 e. The summed E-state index contributed by atoms with van der Waals surface area (Å²) in [5, 5.41) is 9.69. The zero-order valence-electron chi connectivity index (χ0n) is 9.07. The lowest BCUT2D eigenvalue weighted by atomic mass is 9.73. The summed E-state index contributed by atoms with van der Waals surface area (Å²) in [5.41, 5.74) is -0.282. The Balaban J connectivity index is 1.87. The van der Waals surface area contributed by atoms with Gasteiger partial charge < -0.3 is 9.84 Å². The van der Waals surface area contributed by atoms with E-state index >= 15 is 0 Å². The van der Waals surface area contributed by atoms with Gasteiger partial charge in [0, 0.05) is 6.42 Å². The van der Waals surface area contributed by atoms with Gasteiger partial charge in [-0.25, -0.2) is 9.78 Å². The monoisotopic (exact) mass is 214 g/mol. The van der Waals surface area contributed by atoms with Crippen LogP contribution in [-0.4, -0.2) is 29.2 Å². The van der Waals surface area contributed by atoms with Gasteiger partial charge in [0.25, 0.3) is 0 Å². The first-order chi connectivity index (χ1) is 7.12. The highest BCUT2D eigenvalue weighted by atomic mass is 17.2. The second-order valence-corrected chi connectivity index (χ2v) is 5.32. The molecular weight excluding hydrogens is 196 g/mol. The van der Waals surface area contributed by atoms with Crippen LogP contribution < -0.4 is 0 Å². The van der Waals surface area contributed by atoms with E-state index in [0.29, 0.717) is 12.5 Å². The van der Waals surface area contributed by atoms with Gasteiger partial charge in [0.1, 0.15) is 5.60 Å². The predicted octanol–water partition coefficient (Wildman–Crippen LogP) is 1.37. The van der Waals surface area contributed by atoms with Gasteiger partial charge in [-0.3, -0.25) is 0 Å². The minimum Gasteiger partial charge on any atom is -0.393 e. The molecule has 1 N–H and O–H groups in total. The fourth-order valence-corrected chi connectivity index (χ4v) is 3.00. The first-order valence-electron chi connectivity index (χ1n) is 5.81. The molecule has 1 saturated carbocycles. The van der Waals surface area contributed by atoms with E-state index < -0.39 is 5.79 Å². The van der Waals surface area contributed by atoms with E-state index in [0.717, 1.165) is 32.1 Å². The summed E-state index contributed by atoms with van der Waals surface area (Å²) in [7, 11) is 0. The Bertz CT molecular complexity index is 257. The number of fused-ring (bicyclic) bond motifs is 3. The molecule has 15 heavy (non-hydrogen) atoms. The normalized spacial score (nSPS) is 54.8. The zero-order chi connectivity index (χ0) is 10.5. The van der Waals surface area contributed by atoms with Crippen LogP contribution in [0.1, 0.15) is 39.0 Å². The molecule has 4 fully saturated rings. The van der Waals surface area contributed by atoms with Gasteiger partial charge >= 0.3 is 0 Å². The average molecular weight is 214 g/mol. The Labute approximate surface area is 89.4 Å². The van der Waals surface area contributed by atoms with Crippen LogP contribution in [0.4, 0.5) is 0 Å². The van der Waals surface area contributed by atoms with Crippen molar-refractivity contribution >= 4 is 0 Å². The smallest absolute Gasteiger partial charge is 0.198 e. The van der Waals surface area contributed by atoms with Crippen LogP contribution in [0.25, 0.3) is 0 Å². The standard InChI is InChI=1S/C11H18O4/c1-10-4-2-8-6-9(12)3-5-11(8,7-13-10)15-14-10/h8-9,12H,2-7H2,1H3/t8-,9+,10+,11+/m0/s1. The SMILES string of the molecule is C[C@@]12CC[C@H]3C[C@H](O)CC[C@]3(CO1)OO2. The van der Waals surface area contributed by atoms with Crippen LogP contribution in [0.15, 0.2) is 0 Å². The van der Waals surface area contributed by atoms with Crippen molar-refractivity contribution < 1.29 is 19.6 Å². The van der Waals surface area contributed by atoms with E-state index in [4.69, 9.17) is 14.5 Å². The number of rotatable bonds is 0. The zero-order valence-corrected chi connectivity index (χ0v) is 9.07. The molecule has 0 aromatic carbocycles. The summed E-state index contributed by atoms with van der Waals surface area (Å²) >= 11 is 0. The molecule has 4 nitrogen and oxygen atoms in total. The van der Waals surface area contributed by atoms with Crippen LogP contribution in [0.5, 0.6) is 0 Å². The van der Waals surface area contributed by atoms with E-state index in [-0.39, 0.29) is 11.7 Å². The minimum absolute atomic E-state index is 0.172. The van der Waals surface area contributed by atoms with Crippen molar-refractivity contribution in [3.63, 3.8) is 0 Å². The third-order valence-corrected chi connectivity index (χ3v) is 4.15. The fourth-order valence-electron chi connectivity index (χ4n) is 3.00. The Morgan fingerprint density at radius 3 is 2.80 bits per heavy atom. The van der Waals surface area contributed by atoms with Crippen molar-refractivity contribution in [2.45, 2.75) is 56.5 Å². The summed E-state index contributed by atoms with van der Waals surface area (Å²) in [6, 6.07) is 0. The summed E-state index contributed by atoms with van der Waals surface area (Å²) < 4.78 is 5.76. The Kier molecular flexibility index (Phi) is 2.12. The molecule has 3 aliphatic heterocycles. The van der Waals surface area contributed by atoms with Crippen LogP contribution in [0, 0.1) is 5.92 Å². The van der Waals surface area contributed by atoms with E-state index in [1.165, 1.54) is 0 Å². The molecule has 0 aromatic heterocycles. The van der Waals surface area contributed by atoms with E-state index in [2.05, 4.69) is 0 Å². The summed E-state index contributed by atoms with van der Waals surface area (Å²) in [6.45, 7) is 2.54. The van der Waals surface area contributed by atoms with Gasteiger partial charge in [0.2, 0.25) is 0 Å². The highest BCUT2D eigenvalue weighted by Crippen LogP contribution is 2.48. The molecule has 0 aromatic rings. The van der Waals surface area contributed by atoms with Gasteiger partial charge in [-0.2, -0.15) is 0 Å².